The smallest absolute Gasteiger partial charge is 0.231 e. The van der Waals surface area contributed by atoms with E-state index < -0.39 is 19.5 Å². The molecule has 0 bridgehead atoms. The van der Waals surface area contributed by atoms with Gasteiger partial charge in [0.25, 0.3) is 0 Å². The third-order valence-corrected chi connectivity index (χ3v) is 12.0. The standard InChI is InChI=1S/C24H30O6Si/c1-22(2,3)31(4,5)30-14-18-21(25)16-12-19-20(27-15-26-19)13-17(16)23(18)6-8-24(9-7-23)28-10-11-29-24/h6-9,12-13,18H,10-11,14-15H2,1-5H3. The van der Waals surface area contributed by atoms with Crippen molar-refractivity contribution in [3.63, 3.8) is 0 Å². The van der Waals surface area contributed by atoms with Crippen LogP contribution in [-0.4, -0.2) is 46.5 Å². The Morgan fingerprint density at radius 2 is 1.65 bits per heavy atom. The fraction of sp³-hybridized carbons (Fsp3) is 0.542. The fourth-order valence-electron chi connectivity index (χ4n) is 4.49. The van der Waals surface area contributed by atoms with Gasteiger partial charge in [0.2, 0.25) is 12.6 Å². The third-order valence-electron chi connectivity index (χ3n) is 7.48. The molecule has 0 aromatic heterocycles. The molecule has 31 heavy (non-hydrogen) atoms. The summed E-state index contributed by atoms with van der Waals surface area (Å²) >= 11 is 0. The Kier molecular flexibility index (Phi) is 4.58. The predicted molar refractivity (Wildman–Crippen MR) is 118 cm³/mol. The first kappa shape index (κ1) is 20.9. The number of allylic oxidation sites excluding steroid dienone is 2. The van der Waals surface area contributed by atoms with E-state index in [2.05, 4.69) is 46.0 Å². The quantitative estimate of drug-likeness (QED) is 0.512. The maximum absolute atomic E-state index is 13.7. The molecule has 4 aliphatic rings. The summed E-state index contributed by atoms with van der Waals surface area (Å²) < 4.78 is 29.4. The Bertz CT molecular complexity index is 965. The monoisotopic (exact) mass is 442 g/mol. The van der Waals surface area contributed by atoms with E-state index in [0.717, 1.165) is 5.56 Å². The van der Waals surface area contributed by atoms with E-state index in [9.17, 15) is 4.79 Å². The van der Waals surface area contributed by atoms with Gasteiger partial charge in [-0.2, -0.15) is 0 Å². The zero-order valence-corrected chi connectivity index (χ0v) is 19.8. The van der Waals surface area contributed by atoms with E-state index in [4.69, 9.17) is 23.4 Å². The Morgan fingerprint density at radius 3 is 2.26 bits per heavy atom. The molecule has 6 nitrogen and oxygen atoms in total. The molecule has 1 fully saturated rings. The van der Waals surface area contributed by atoms with Gasteiger partial charge in [0.05, 0.1) is 19.1 Å². The van der Waals surface area contributed by atoms with Crippen molar-refractivity contribution >= 4 is 14.1 Å². The van der Waals surface area contributed by atoms with Crippen LogP contribution >= 0.6 is 0 Å². The minimum Gasteiger partial charge on any atom is -0.454 e. The average Bonchev–Trinajstić information content (AvgIpc) is 3.40. The highest BCUT2D eigenvalue weighted by Crippen LogP contribution is 2.52. The summed E-state index contributed by atoms with van der Waals surface area (Å²) in [7, 11) is -2.03. The largest absolute Gasteiger partial charge is 0.454 e. The number of Topliss-reactive ketones (excluding diaryl/α,β-unsaturated/α-hetero) is 1. The van der Waals surface area contributed by atoms with Gasteiger partial charge in [-0.15, -0.1) is 0 Å². The van der Waals surface area contributed by atoms with E-state index in [1.54, 1.807) is 0 Å². The number of carbonyl (C=O) groups is 1. The van der Waals surface area contributed by atoms with Crippen molar-refractivity contribution in [2.24, 2.45) is 5.92 Å². The number of hydrogen-bond donors (Lipinski definition) is 0. The molecule has 2 aliphatic heterocycles. The van der Waals surface area contributed by atoms with Crippen molar-refractivity contribution in [1.82, 2.24) is 0 Å². The third kappa shape index (κ3) is 3.13. The summed E-state index contributed by atoms with van der Waals surface area (Å²) in [5.74, 6) is 0.164. The summed E-state index contributed by atoms with van der Waals surface area (Å²) in [5.41, 5.74) is 0.966. The topological polar surface area (TPSA) is 63.2 Å². The molecule has 0 N–H and O–H groups in total. The number of benzene rings is 1. The highest BCUT2D eigenvalue weighted by Gasteiger charge is 2.53. The molecular formula is C24H30O6Si. The van der Waals surface area contributed by atoms with Crippen LogP contribution in [0.3, 0.4) is 0 Å². The number of ketones is 1. The van der Waals surface area contributed by atoms with Crippen LogP contribution in [0.15, 0.2) is 36.4 Å². The molecule has 2 heterocycles. The summed E-state index contributed by atoms with van der Waals surface area (Å²) in [6, 6.07) is 3.77. The van der Waals surface area contributed by atoms with Crippen molar-refractivity contribution < 1.29 is 28.2 Å². The van der Waals surface area contributed by atoms with Gasteiger partial charge in [-0.05, 0) is 48.0 Å². The molecule has 1 saturated heterocycles. The second kappa shape index (κ2) is 6.78. The Morgan fingerprint density at radius 1 is 1.03 bits per heavy atom. The van der Waals surface area contributed by atoms with Crippen LogP contribution in [0.2, 0.25) is 18.1 Å². The molecule has 7 heteroatoms. The Hall–Kier alpha value is -1.93. The number of ether oxygens (including phenoxy) is 4. The Balaban J connectivity index is 1.55. The highest BCUT2D eigenvalue weighted by atomic mass is 28.4. The van der Waals surface area contributed by atoms with Gasteiger partial charge in [-0.3, -0.25) is 4.79 Å². The molecule has 1 atom stereocenters. The number of fused-ring (bicyclic) bond motifs is 3. The zero-order chi connectivity index (χ0) is 22.1. The first-order valence-corrected chi connectivity index (χ1v) is 13.8. The van der Waals surface area contributed by atoms with Gasteiger partial charge < -0.3 is 23.4 Å². The maximum atomic E-state index is 13.7. The molecule has 0 saturated carbocycles. The van der Waals surface area contributed by atoms with Crippen LogP contribution < -0.4 is 9.47 Å². The Labute approximate surface area is 184 Å². The minimum absolute atomic E-state index is 0.0609. The normalized spacial score (nSPS) is 25.1. The van der Waals surface area contributed by atoms with Crippen LogP contribution in [0.25, 0.3) is 0 Å². The van der Waals surface area contributed by atoms with Crippen molar-refractivity contribution in [1.29, 1.82) is 0 Å². The van der Waals surface area contributed by atoms with Crippen LogP contribution in [0.5, 0.6) is 11.5 Å². The van der Waals surface area contributed by atoms with Gasteiger partial charge in [-0.1, -0.05) is 32.9 Å². The van der Waals surface area contributed by atoms with Gasteiger partial charge >= 0.3 is 0 Å². The average molecular weight is 443 g/mol. The first-order valence-electron chi connectivity index (χ1n) is 10.9. The number of rotatable bonds is 3. The molecule has 0 amide bonds. The number of hydrogen-bond acceptors (Lipinski definition) is 6. The lowest BCUT2D eigenvalue weighted by Gasteiger charge is -2.40. The van der Waals surface area contributed by atoms with Crippen LogP contribution in [0.1, 0.15) is 36.7 Å². The van der Waals surface area contributed by atoms with Crippen LogP contribution in [-0.2, 0) is 19.3 Å². The van der Waals surface area contributed by atoms with E-state index in [0.29, 0.717) is 36.9 Å². The summed E-state index contributed by atoms with van der Waals surface area (Å²) in [6.07, 6.45) is 7.99. The lowest BCUT2D eigenvalue weighted by Crippen LogP contribution is -2.45. The zero-order valence-electron chi connectivity index (χ0n) is 18.8. The first-order chi connectivity index (χ1) is 14.6. The van der Waals surface area contributed by atoms with Crippen molar-refractivity contribution in [3.05, 3.63) is 47.6 Å². The predicted octanol–water partition coefficient (Wildman–Crippen LogP) is 4.36. The van der Waals surface area contributed by atoms with Crippen LogP contribution in [0.4, 0.5) is 0 Å². The summed E-state index contributed by atoms with van der Waals surface area (Å²) in [6.45, 7) is 12.7. The SMILES string of the molecule is CC(C)(C)[Si](C)(C)OCC1C(=O)c2cc3c(cc2C12C=CC1(C=C2)OCCO1)OCO3. The van der Waals surface area contributed by atoms with Gasteiger partial charge in [0.15, 0.2) is 25.6 Å². The lowest BCUT2D eigenvalue weighted by atomic mass is 9.71. The molecule has 166 valence electrons. The lowest BCUT2D eigenvalue weighted by molar-refractivity contribution is -0.0766. The van der Waals surface area contributed by atoms with E-state index in [1.165, 1.54) is 0 Å². The molecule has 5 rings (SSSR count). The van der Waals surface area contributed by atoms with Crippen molar-refractivity contribution in [2.75, 3.05) is 26.6 Å². The molecule has 1 unspecified atom stereocenters. The molecule has 2 spiro atoms. The van der Waals surface area contributed by atoms with Gasteiger partial charge in [-0.25, -0.2) is 0 Å². The molecule has 2 aliphatic carbocycles. The second-order valence-electron chi connectivity index (χ2n) is 10.3. The maximum Gasteiger partial charge on any atom is 0.231 e. The van der Waals surface area contributed by atoms with E-state index in [1.807, 2.05) is 24.3 Å². The number of carbonyl (C=O) groups excluding carboxylic acids is 1. The molecular weight excluding hydrogens is 412 g/mol. The van der Waals surface area contributed by atoms with Crippen LogP contribution in [0, 0.1) is 5.92 Å². The highest BCUT2D eigenvalue weighted by molar-refractivity contribution is 6.74. The van der Waals surface area contributed by atoms with Gasteiger partial charge in [0.1, 0.15) is 0 Å². The van der Waals surface area contributed by atoms with E-state index >= 15 is 0 Å². The van der Waals surface area contributed by atoms with E-state index in [-0.39, 0.29) is 23.5 Å². The van der Waals surface area contributed by atoms with Crippen molar-refractivity contribution in [2.45, 2.75) is 50.1 Å². The fourth-order valence-corrected chi connectivity index (χ4v) is 5.50. The minimum atomic E-state index is -2.03. The second-order valence-corrected chi connectivity index (χ2v) is 15.1. The molecule has 0 radical (unpaired) electrons. The van der Waals surface area contributed by atoms with Gasteiger partial charge in [0, 0.05) is 17.6 Å². The molecule has 1 aromatic carbocycles. The van der Waals surface area contributed by atoms with Crippen molar-refractivity contribution in [3.8, 4) is 11.5 Å². The summed E-state index contributed by atoms with van der Waals surface area (Å²) in [5, 5.41) is 0.0609. The molecule has 1 aromatic rings. The summed E-state index contributed by atoms with van der Waals surface area (Å²) in [4.78, 5) is 13.7.